The molecule has 1 aliphatic heterocycles. The molecule has 0 N–H and O–H groups in total. The van der Waals surface area contributed by atoms with Crippen molar-refractivity contribution in [3.05, 3.63) is 48.3 Å². The van der Waals surface area contributed by atoms with E-state index in [2.05, 4.69) is 14.9 Å². The van der Waals surface area contributed by atoms with Crippen LogP contribution in [0.2, 0.25) is 0 Å². The fraction of sp³-hybridized carbons (Fsp3) is 0.474. The molecule has 0 bridgehead atoms. The molecule has 6 heteroatoms. The number of hydrogen-bond acceptors (Lipinski definition) is 4. The highest BCUT2D eigenvalue weighted by Gasteiger charge is 2.11. The predicted molar refractivity (Wildman–Crippen MR) is 100 cm³/mol. The highest BCUT2D eigenvalue weighted by Crippen LogP contribution is 2.16. The van der Waals surface area contributed by atoms with Crippen molar-refractivity contribution in [3.63, 3.8) is 0 Å². The van der Waals surface area contributed by atoms with Gasteiger partial charge < -0.3 is 9.80 Å². The van der Waals surface area contributed by atoms with Crippen LogP contribution in [0, 0.1) is 11.6 Å². The van der Waals surface area contributed by atoms with Gasteiger partial charge >= 0.3 is 0 Å². The molecule has 0 radical (unpaired) electrons. The Morgan fingerprint density at radius 1 is 0.960 bits per heavy atom. The first kappa shape index (κ1) is 20.8. The van der Waals surface area contributed by atoms with E-state index in [1.54, 1.807) is 37.3 Å². The Labute approximate surface area is 149 Å². The maximum Gasteiger partial charge on any atom is 0.165 e. The topological polar surface area (TPSA) is 32.3 Å². The monoisotopic (exact) mass is 350 g/mol. The lowest BCUT2D eigenvalue weighted by atomic mass is 10.1. The van der Waals surface area contributed by atoms with Crippen molar-refractivity contribution in [1.29, 1.82) is 0 Å². The zero-order chi connectivity index (χ0) is 18.7. The van der Waals surface area contributed by atoms with E-state index in [1.165, 1.54) is 37.6 Å². The van der Waals surface area contributed by atoms with Crippen molar-refractivity contribution >= 4 is 11.6 Å². The van der Waals surface area contributed by atoms with E-state index in [4.69, 9.17) is 0 Å². The third-order valence-corrected chi connectivity index (χ3v) is 3.55. The minimum Gasteiger partial charge on any atom is -0.360 e. The van der Waals surface area contributed by atoms with Crippen LogP contribution in [0.5, 0.6) is 0 Å². The summed E-state index contributed by atoms with van der Waals surface area (Å²) in [6.07, 6.45) is 6.60. The van der Waals surface area contributed by atoms with Crippen LogP contribution in [-0.4, -0.2) is 37.2 Å². The van der Waals surface area contributed by atoms with Crippen LogP contribution in [0.25, 0.3) is 0 Å². The van der Waals surface area contributed by atoms with E-state index < -0.39 is 0 Å². The van der Waals surface area contributed by atoms with E-state index in [9.17, 15) is 8.78 Å². The normalized spacial score (nSPS) is 13.1. The molecule has 0 spiro atoms. The number of nitrogens with zero attached hydrogens (tertiary/aromatic N) is 4. The van der Waals surface area contributed by atoms with Crippen LogP contribution in [0.15, 0.2) is 36.7 Å². The molecular formula is C19H28F2N4. The van der Waals surface area contributed by atoms with Gasteiger partial charge in [0.15, 0.2) is 11.6 Å². The van der Waals surface area contributed by atoms with Gasteiger partial charge in [-0.05, 0) is 43.5 Å². The van der Waals surface area contributed by atoms with Crippen LogP contribution < -0.4 is 9.80 Å². The molecular weight excluding hydrogens is 322 g/mol. The summed E-state index contributed by atoms with van der Waals surface area (Å²) in [7, 11) is 3.51. The molecule has 25 heavy (non-hydrogen) atoms. The average Bonchev–Trinajstić information content (AvgIpc) is 2.65. The van der Waals surface area contributed by atoms with Gasteiger partial charge in [-0.25, -0.2) is 18.7 Å². The van der Waals surface area contributed by atoms with Crippen molar-refractivity contribution < 1.29 is 8.78 Å². The lowest BCUT2D eigenvalue weighted by Crippen LogP contribution is -2.30. The number of halogens is 2. The standard InChI is InChI=1S/C10H13FN2.C7H9FN2.C2H6/c11-9-4-5-10(12-8-9)13-6-2-1-3-7-13;1-10(2)7-6(8)4-3-5-9-7;1-2/h4-5,8H,1-3,6-7H2;3-5H,1-2H3;1-2H3. The molecule has 2 aromatic heterocycles. The molecule has 0 unspecified atom stereocenters. The van der Waals surface area contributed by atoms with Gasteiger partial charge in [-0.3, -0.25) is 0 Å². The molecule has 3 heterocycles. The van der Waals surface area contributed by atoms with Gasteiger partial charge in [-0.2, -0.15) is 0 Å². The molecule has 138 valence electrons. The highest BCUT2D eigenvalue weighted by atomic mass is 19.1. The number of aromatic nitrogens is 2. The Morgan fingerprint density at radius 2 is 1.64 bits per heavy atom. The number of pyridine rings is 2. The van der Waals surface area contributed by atoms with Crippen LogP contribution in [0.1, 0.15) is 33.1 Å². The third-order valence-electron chi connectivity index (χ3n) is 3.55. The van der Waals surface area contributed by atoms with Gasteiger partial charge in [-0.15, -0.1) is 0 Å². The maximum atomic E-state index is 12.7. The van der Waals surface area contributed by atoms with Crippen molar-refractivity contribution in [2.24, 2.45) is 0 Å². The van der Waals surface area contributed by atoms with Crippen LogP contribution >= 0.6 is 0 Å². The smallest absolute Gasteiger partial charge is 0.165 e. The van der Waals surface area contributed by atoms with Crippen molar-refractivity contribution in [2.45, 2.75) is 33.1 Å². The van der Waals surface area contributed by atoms with Gasteiger partial charge in [0.25, 0.3) is 0 Å². The summed E-state index contributed by atoms with van der Waals surface area (Å²) in [5, 5.41) is 0. The summed E-state index contributed by atoms with van der Waals surface area (Å²) in [6, 6.07) is 6.18. The first-order chi connectivity index (χ1) is 12.1. The zero-order valence-electron chi connectivity index (χ0n) is 15.5. The molecule has 1 aliphatic rings. The fourth-order valence-corrected chi connectivity index (χ4v) is 2.38. The number of rotatable bonds is 2. The first-order valence-corrected chi connectivity index (χ1v) is 8.72. The number of piperidine rings is 1. The van der Waals surface area contributed by atoms with Crippen molar-refractivity contribution in [1.82, 2.24) is 9.97 Å². The SMILES string of the molecule is CC.CN(C)c1ncccc1F.Fc1ccc(N2CCCCC2)nc1. The Hall–Kier alpha value is -2.24. The van der Waals surface area contributed by atoms with Crippen molar-refractivity contribution in [2.75, 3.05) is 37.0 Å². The minimum atomic E-state index is -0.285. The Morgan fingerprint density at radius 3 is 2.12 bits per heavy atom. The molecule has 0 saturated carbocycles. The van der Waals surface area contributed by atoms with Crippen molar-refractivity contribution in [3.8, 4) is 0 Å². The maximum absolute atomic E-state index is 12.7. The summed E-state index contributed by atoms with van der Waals surface area (Å²) in [6.45, 7) is 6.11. The van der Waals surface area contributed by atoms with Gasteiger partial charge in [-0.1, -0.05) is 13.8 Å². The van der Waals surface area contributed by atoms with Crippen LogP contribution in [-0.2, 0) is 0 Å². The first-order valence-electron chi connectivity index (χ1n) is 8.72. The van der Waals surface area contributed by atoms with Gasteiger partial charge in [0.1, 0.15) is 11.6 Å². The highest BCUT2D eigenvalue weighted by molar-refractivity contribution is 5.38. The predicted octanol–water partition coefficient (Wildman–Crippen LogP) is 4.52. The molecule has 0 amide bonds. The van der Waals surface area contributed by atoms with E-state index in [-0.39, 0.29) is 11.6 Å². The Balaban J connectivity index is 0.000000235. The average molecular weight is 350 g/mol. The third kappa shape index (κ3) is 7.03. The Kier molecular flexibility index (Phi) is 9.43. The molecule has 0 atom stereocenters. The molecule has 4 nitrogen and oxygen atoms in total. The van der Waals surface area contributed by atoms with Gasteiger partial charge in [0.05, 0.1) is 6.20 Å². The molecule has 1 saturated heterocycles. The van der Waals surface area contributed by atoms with E-state index >= 15 is 0 Å². The lowest BCUT2D eigenvalue weighted by Gasteiger charge is -2.27. The lowest BCUT2D eigenvalue weighted by molar-refractivity contribution is 0.570. The van der Waals surface area contributed by atoms with E-state index in [0.29, 0.717) is 5.82 Å². The second-order valence-corrected chi connectivity index (χ2v) is 5.59. The van der Waals surface area contributed by atoms with E-state index in [1.807, 2.05) is 13.8 Å². The number of anilines is 2. The molecule has 3 rings (SSSR count). The largest absolute Gasteiger partial charge is 0.360 e. The summed E-state index contributed by atoms with van der Waals surface area (Å²) in [4.78, 5) is 11.7. The molecule has 0 aliphatic carbocycles. The Bertz CT molecular complexity index is 597. The van der Waals surface area contributed by atoms with E-state index in [0.717, 1.165) is 18.9 Å². The minimum absolute atomic E-state index is 0.263. The zero-order valence-corrected chi connectivity index (χ0v) is 15.5. The fourth-order valence-electron chi connectivity index (χ4n) is 2.38. The summed E-state index contributed by atoms with van der Waals surface area (Å²) in [5.41, 5.74) is 0. The second-order valence-electron chi connectivity index (χ2n) is 5.59. The summed E-state index contributed by atoms with van der Waals surface area (Å²) in [5.74, 6) is 0.733. The number of hydrogen-bond donors (Lipinski definition) is 0. The summed E-state index contributed by atoms with van der Waals surface area (Å²) >= 11 is 0. The van der Waals surface area contributed by atoms with Gasteiger partial charge in [0, 0.05) is 33.4 Å². The second kappa shape index (κ2) is 11.3. The quantitative estimate of drug-likeness (QED) is 0.797. The summed E-state index contributed by atoms with van der Waals surface area (Å²) < 4.78 is 25.3. The molecule has 0 aromatic carbocycles. The van der Waals surface area contributed by atoms with Crippen LogP contribution in [0.4, 0.5) is 20.4 Å². The molecule has 2 aromatic rings. The van der Waals surface area contributed by atoms with Crippen LogP contribution in [0.3, 0.4) is 0 Å². The van der Waals surface area contributed by atoms with Gasteiger partial charge in [0.2, 0.25) is 0 Å². The molecule has 1 fully saturated rings.